The summed E-state index contributed by atoms with van der Waals surface area (Å²) in [5, 5.41) is 5.37. The van der Waals surface area contributed by atoms with Crippen LogP contribution < -0.4 is 16.4 Å². The molecule has 4 N–H and O–H groups in total. The molecule has 0 aromatic heterocycles. The molecular formula is C14H27N3O3. The van der Waals surface area contributed by atoms with Crippen LogP contribution in [0, 0.1) is 5.41 Å². The summed E-state index contributed by atoms with van der Waals surface area (Å²) in [6.45, 7) is 9.24. The summed E-state index contributed by atoms with van der Waals surface area (Å²) >= 11 is 0. The third kappa shape index (κ3) is 5.19. The average molecular weight is 285 g/mol. The van der Waals surface area contributed by atoms with E-state index >= 15 is 0 Å². The van der Waals surface area contributed by atoms with Crippen LogP contribution >= 0.6 is 0 Å². The van der Waals surface area contributed by atoms with Gasteiger partial charge in [-0.2, -0.15) is 0 Å². The molecular weight excluding hydrogens is 258 g/mol. The highest BCUT2D eigenvalue weighted by Gasteiger charge is 2.34. The Labute approximate surface area is 120 Å². The van der Waals surface area contributed by atoms with E-state index in [0.29, 0.717) is 12.8 Å². The fourth-order valence-corrected chi connectivity index (χ4v) is 1.72. The Kier molecular flexibility index (Phi) is 6.68. The van der Waals surface area contributed by atoms with Gasteiger partial charge in [0.15, 0.2) is 0 Å². The summed E-state index contributed by atoms with van der Waals surface area (Å²) in [5.41, 5.74) is 3.87. The van der Waals surface area contributed by atoms with E-state index in [-0.39, 0.29) is 24.8 Å². The lowest BCUT2D eigenvalue weighted by Gasteiger charge is -2.29. The third-order valence-corrected chi connectivity index (χ3v) is 3.38. The number of primary amides is 1. The molecule has 0 rings (SSSR count). The molecule has 0 aliphatic rings. The number of carbonyl (C=O) groups is 3. The highest BCUT2D eigenvalue weighted by atomic mass is 16.2. The van der Waals surface area contributed by atoms with Crippen LogP contribution in [-0.2, 0) is 14.4 Å². The number of nitrogens with one attached hydrogen (secondary N) is 2. The van der Waals surface area contributed by atoms with Crippen molar-refractivity contribution >= 4 is 17.7 Å². The van der Waals surface area contributed by atoms with Crippen molar-refractivity contribution in [2.75, 3.05) is 6.54 Å². The van der Waals surface area contributed by atoms with Gasteiger partial charge in [-0.1, -0.05) is 34.6 Å². The van der Waals surface area contributed by atoms with Crippen LogP contribution in [0.15, 0.2) is 0 Å². The van der Waals surface area contributed by atoms with Gasteiger partial charge in [-0.05, 0) is 12.8 Å². The predicted molar refractivity (Wildman–Crippen MR) is 77.7 cm³/mol. The third-order valence-electron chi connectivity index (χ3n) is 3.38. The molecule has 0 radical (unpaired) electrons. The maximum atomic E-state index is 11.8. The van der Waals surface area contributed by atoms with E-state index in [9.17, 15) is 14.4 Å². The van der Waals surface area contributed by atoms with E-state index in [2.05, 4.69) is 10.6 Å². The molecule has 6 nitrogen and oxygen atoms in total. The Hall–Kier alpha value is -1.59. The zero-order valence-electron chi connectivity index (χ0n) is 13.1. The van der Waals surface area contributed by atoms with Crippen LogP contribution in [0.25, 0.3) is 0 Å². The van der Waals surface area contributed by atoms with Crippen molar-refractivity contribution in [3.63, 3.8) is 0 Å². The molecule has 0 heterocycles. The molecule has 0 aliphatic heterocycles. The maximum absolute atomic E-state index is 11.8. The van der Waals surface area contributed by atoms with E-state index in [1.165, 1.54) is 0 Å². The Bertz CT molecular complexity index is 368. The monoisotopic (exact) mass is 285 g/mol. The second-order valence-electron chi connectivity index (χ2n) is 5.96. The fraction of sp³-hybridized carbons (Fsp3) is 0.786. The molecule has 0 aromatic rings. The number of hydrogen-bond donors (Lipinski definition) is 3. The van der Waals surface area contributed by atoms with Crippen molar-refractivity contribution in [3.05, 3.63) is 0 Å². The highest BCUT2D eigenvalue weighted by molar-refractivity contribution is 5.90. The largest absolute Gasteiger partial charge is 0.368 e. The lowest BCUT2D eigenvalue weighted by molar-refractivity contribution is -0.132. The SMILES string of the molecule is CCC(CC)(NC(=O)CCNC(=O)C(C)(C)C)C(N)=O. The van der Waals surface area contributed by atoms with Crippen molar-refractivity contribution in [1.29, 1.82) is 0 Å². The van der Waals surface area contributed by atoms with Crippen LogP contribution in [-0.4, -0.2) is 29.8 Å². The molecule has 0 aromatic carbocycles. The Morgan fingerprint density at radius 1 is 1.05 bits per heavy atom. The Morgan fingerprint density at radius 2 is 1.55 bits per heavy atom. The van der Waals surface area contributed by atoms with Crippen molar-refractivity contribution in [3.8, 4) is 0 Å². The minimum absolute atomic E-state index is 0.113. The normalized spacial score (nSPS) is 11.8. The zero-order valence-corrected chi connectivity index (χ0v) is 13.1. The van der Waals surface area contributed by atoms with E-state index in [0.717, 1.165) is 0 Å². The molecule has 3 amide bonds. The van der Waals surface area contributed by atoms with Crippen LogP contribution in [0.4, 0.5) is 0 Å². The molecule has 6 heteroatoms. The molecule has 116 valence electrons. The summed E-state index contributed by atoms with van der Waals surface area (Å²) in [6, 6.07) is 0. The molecule has 0 spiro atoms. The Balaban J connectivity index is 4.37. The quantitative estimate of drug-likeness (QED) is 0.641. The average Bonchev–Trinajstić information content (AvgIpc) is 2.34. The van der Waals surface area contributed by atoms with Crippen LogP contribution in [0.5, 0.6) is 0 Å². The second kappa shape index (κ2) is 7.26. The van der Waals surface area contributed by atoms with Gasteiger partial charge in [0.05, 0.1) is 0 Å². The number of nitrogens with two attached hydrogens (primary N) is 1. The van der Waals surface area contributed by atoms with Crippen LogP contribution in [0.1, 0.15) is 53.9 Å². The molecule has 0 bridgehead atoms. The maximum Gasteiger partial charge on any atom is 0.243 e. The number of amides is 3. The summed E-state index contributed by atoms with van der Waals surface area (Å²) < 4.78 is 0. The number of hydrogen-bond acceptors (Lipinski definition) is 3. The molecule has 0 saturated carbocycles. The first-order chi connectivity index (χ1) is 9.09. The van der Waals surface area contributed by atoms with Crippen molar-refractivity contribution in [1.82, 2.24) is 10.6 Å². The van der Waals surface area contributed by atoms with Gasteiger partial charge in [-0.25, -0.2) is 0 Å². The van der Waals surface area contributed by atoms with Gasteiger partial charge in [-0.15, -0.1) is 0 Å². The number of rotatable bonds is 7. The standard InChI is InChI=1S/C14H27N3O3/c1-6-14(7-2,11(15)19)17-10(18)8-9-16-12(20)13(3,4)5/h6-9H2,1-5H3,(H2,15,19)(H,16,20)(H,17,18). The van der Waals surface area contributed by atoms with Crippen LogP contribution in [0.3, 0.4) is 0 Å². The van der Waals surface area contributed by atoms with Gasteiger partial charge >= 0.3 is 0 Å². The summed E-state index contributed by atoms with van der Waals surface area (Å²) in [6.07, 6.45) is 1.01. The van der Waals surface area contributed by atoms with Gasteiger partial charge < -0.3 is 16.4 Å². The first kappa shape index (κ1) is 18.4. The lowest BCUT2D eigenvalue weighted by Crippen LogP contribution is -2.57. The van der Waals surface area contributed by atoms with Crippen molar-refractivity contribution < 1.29 is 14.4 Å². The summed E-state index contributed by atoms with van der Waals surface area (Å²) in [4.78, 5) is 34.9. The van der Waals surface area contributed by atoms with E-state index in [1.54, 1.807) is 34.6 Å². The number of carbonyl (C=O) groups excluding carboxylic acids is 3. The second-order valence-corrected chi connectivity index (χ2v) is 5.96. The zero-order chi connectivity index (χ0) is 16.0. The topological polar surface area (TPSA) is 101 Å². The van der Waals surface area contributed by atoms with Gasteiger partial charge in [0, 0.05) is 18.4 Å². The molecule has 0 aliphatic carbocycles. The predicted octanol–water partition coefficient (Wildman–Crippen LogP) is 0.699. The molecule has 0 saturated heterocycles. The minimum atomic E-state index is -0.995. The molecule has 0 atom stereocenters. The van der Waals surface area contributed by atoms with Gasteiger partial charge in [0.25, 0.3) is 0 Å². The van der Waals surface area contributed by atoms with Crippen LogP contribution in [0.2, 0.25) is 0 Å². The van der Waals surface area contributed by atoms with Gasteiger partial charge in [-0.3, -0.25) is 14.4 Å². The first-order valence-electron chi connectivity index (χ1n) is 6.98. The van der Waals surface area contributed by atoms with Gasteiger partial charge in [0.2, 0.25) is 17.7 Å². The molecule has 0 unspecified atom stereocenters. The van der Waals surface area contributed by atoms with E-state index in [1.807, 2.05) is 0 Å². The molecule has 20 heavy (non-hydrogen) atoms. The van der Waals surface area contributed by atoms with Crippen molar-refractivity contribution in [2.24, 2.45) is 11.1 Å². The van der Waals surface area contributed by atoms with Crippen molar-refractivity contribution in [2.45, 2.75) is 59.4 Å². The van der Waals surface area contributed by atoms with E-state index in [4.69, 9.17) is 5.73 Å². The minimum Gasteiger partial charge on any atom is -0.368 e. The highest BCUT2D eigenvalue weighted by Crippen LogP contribution is 2.15. The molecule has 0 fully saturated rings. The van der Waals surface area contributed by atoms with Gasteiger partial charge in [0.1, 0.15) is 5.54 Å². The first-order valence-corrected chi connectivity index (χ1v) is 6.98. The summed E-state index contributed by atoms with van der Waals surface area (Å²) in [5.74, 6) is -0.936. The summed E-state index contributed by atoms with van der Waals surface area (Å²) in [7, 11) is 0. The Morgan fingerprint density at radius 3 is 1.90 bits per heavy atom. The smallest absolute Gasteiger partial charge is 0.243 e. The fourth-order valence-electron chi connectivity index (χ4n) is 1.72. The lowest BCUT2D eigenvalue weighted by atomic mass is 9.91. The van der Waals surface area contributed by atoms with E-state index < -0.39 is 16.9 Å².